The zero-order valence-electron chi connectivity index (χ0n) is 13.1. The van der Waals surface area contributed by atoms with E-state index in [2.05, 4.69) is 20.3 Å². The molecule has 0 spiro atoms. The number of carbonyl (C=O) groups is 1. The van der Waals surface area contributed by atoms with Gasteiger partial charge in [-0.05, 0) is 25.8 Å². The number of hydrogen-bond acceptors (Lipinski definition) is 6. The average Bonchev–Trinajstić information content (AvgIpc) is 2.99. The van der Waals surface area contributed by atoms with E-state index in [1.54, 1.807) is 17.5 Å². The molecular formula is C16H20N4O2S. The number of hydrogen-bond donors (Lipinski definition) is 1. The molecule has 0 bridgehead atoms. The van der Waals surface area contributed by atoms with Gasteiger partial charge in [0.05, 0.1) is 36.0 Å². The molecule has 122 valence electrons. The lowest BCUT2D eigenvalue weighted by Crippen LogP contribution is -2.26. The molecule has 1 aliphatic rings. The first kappa shape index (κ1) is 16.0. The fourth-order valence-electron chi connectivity index (χ4n) is 2.56. The fraction of sp³-hybridized carbons (Fsp3) is 0.500. The monoisotopic (exact) mass is 332 g/mol. The highest BCUT2D eigenvalue weighted by Gasteiger charge is 2.19. The Morgan fingerprint density at radius 1 is 1.43 bits per heavy atom. The number of nitrogens with one attached hydrogen (secondary N) is 1. The van der Waals surface area contributed by atoms with Gasteiger partial charge in [0.15, 0.2) is 0 Å². The largest absolute Gasteiger partial charge is 0.381 e. The Hall–Kier alpha value is -1.86. The van der Waals surface area contributed by atoms with Crippen LogP contribution in [0.4, 0.5) is 0 Å². The number of carbonyl (C=O) groups excluding carboxylic acids is 1. The summed E-state index contributed by atoms with van der Waals surface area (Å²) in [7, 11) is 0. The molecule has 1 fully saturated rings. The van der Waals surface area contributed by atoms with Crippen molar-refractivity contribution in [3.63, 3.8) is 0 Å². The third-order valence-electron chi connectivity index (χ3n) is 3.73. The average molecular weight is 332 g/mol. The summed E-state index contributed by atoms with van der Waals surface area (Å²) in [6, 6.07) is 1.83. The molecule has 0 aromatic carbocycles. The summed E-state index contributed by atoms with van der Waals surface area (Å²) < 4.78 is 5.49. The SMILES string of the molecule is Cc1nc(CC(=O)NCc2ccnc([C@H]3CCCOC3)n2)cs1. The molecule has 1 atom stereocenters. The molecule has 3 rings (SSSR count). The van der Waals surface area contributed by atoms with Crippen LogP contribution in [0.2, 0.25) is 0 Å². The van der Waals surface area contributed by atoms with Crippen LogP contribution in [0.1, 0.15) is 41.0 Å². The smallest absolute Gasteiger partial charge is 0.226 e. The predicted octanol–water partition coefficient (Wildman–Crippen LogP) is 1.99. The van der Waals surface area contributed by atoms with Crippen molar-refractivity contribution in [2.45, 2.75) is 38.6 Å². The number of rotatable bonds is 5. The predicted molar refractivity (Wildman–Crippen MR) is 87.2 cm³/mol. The summed E-state index contributed by atoms with van der Waals surface area (Å²) in [5.41, 5.74) is 1.64. The summed E-state index contributed by atoms with van der Waals surface area (Å²) in [5.74, 6) is 1.03. The molecular weight excluding hydrogens is 312 g/mol. The third kappa shape index (κ3) is 4.56. The van der Waals surface area contributed by atoms with Gasteiger partial charge in [0.25, 0.3) is 0 Å². The lowest BCUT2D eigenvalue weighted by atomic mass is 10.0. The van der Waals surface area contributed by atoms with Crippen LogP contribution in [0.15, 0.2) is 17.6 Å². The second-order valence-electron chi connectivity index (χ2n) is 5.63. The van der Waals surface area contributed by atoms with Gasteiger partial charge in [0.2, 0.25) is 5.91 Å². The molecule has 2 aromatic rings. The normalized spacial score (nSPS) is 17.9. The van der Waals surface area contributed by atoms with Crippen molar-refractivity contribution < 1.29 is 9.53 Å². The number of amides is 1. The number of aryl methyl sites for hydroxylation is 1. The summed E-state index contributed by atoms with van der Waals surface area (Å²) in [4.78, 5) is 25.2. The van der Waals surface area contributed by atoms with E-state index in [-0.39, 0.29) is 11.8 Å². The zero-order valence-corrected chi connectivity index (χ0v) is 13.9. The van der Waals surface area contributed by atoms with Crippen LogP contribution < -0.4 is 5.32 Å². The van der Waals surface area contributed by atoms with Gasteiger partial charge in [-0.2, -0.15) is 0 Å². The molecule has 1 saturated heterocycles. The molecule has 1 N–H and O–H groups in total. The Bertz CT molecular complexity index is 668. The maximum Gasteiger partial charge on any atom is 0.226 e. The minimum absolute atomic E-state index is 0.0449. The van der Waals surface area contributed by atoms with E-state index < -0.39 is 0 Å². The molecule has 0 saturated carbocycles. The summed E-state index contributed by atoms with van der Waals surface area (Å²) in [5, 5.41) is 5.78. The highest BCUT2D eigenvalue weighted by atomic mass is 32.1. The third-order valence-corrected chi connectivity index (χ3v) is 4.55. The van der Waals surface area contributed by atoms with Gasteiger partial charge in [-0.25, -0.2) is 15.0 Å². The van der Waals surface area contributed by atoms with Crippen molar-refractivity contribution in [1.29, 1.82) is 0 Å². The second kappa shape index (κ2) is 7.61. The quantitative estimate of drug-likeness (QED) is 0.906. The number of ether oxygens (including phenoxy) is 1. The van der Waals surface area contributed by atoms with Gasteiger partial charge < -0.3 is 10.1 Å². The van der Waals surface area contributed by atoms with Gasteiger partial charge in [-0.1, -0.05) is 0 Å². The van der Waals surface area contributed by atoms with Crippen LogP contribution in [0.5, 0.6) is 0 Å². The van der Waals surface area contributed by atoms with Gasteiger partial charge in [-0.3, -0.25) is 4.79 Å². The van der Waals surface area contributed by atoms with Gasteiger partial charge >= 0.3 is 0 Å². The van der Waals surface area contributed by atoms with E-state index in [4.69, 9.17) is 4.74 Å². The van der Waals surface area contributed by atoms with E-state index >= 15 is 0 Å². The standard InChI is InChI=1S/C16H20N4O2S/c1-11-19-14(10-23-11)7-15(21)18-8-13-4-5-17-16(20-13)12-3-2-6-22-9-12/h4-5,10,12H,2-3,6-9H2,1H3,(H,18,21)/t12-/m0/s1. The van der Waals surface area contributed by atoms with Gasteiger partial charge in [0.1, 0.15) is 5.82 Å². The van der Waals surface area contributed by atoms with E-state index in [0.717, 1.165) is 41.7 Å². The van der Waals surface area contributed by atoms with Crippen LogP contribution in [0.3, 0.4) is 0 Å². The Morgan fingerprint density at radius 2 is 2.35 bits per heavy atom. The van der Waals surface area contributed by atoms with E-state index in [9.17, 15) is 4.79 Å². The topological polar surface area (TPSA) is 77.0 Å². The number of nitrogens with zero attached hydrogens (tertiary/aromatic N) is 3. The van der Waals surface area contributed by atoms with Gasteiger partial charge in [0, 0.05) is 24.1 Å². The fourth-order valence-corrected chi connectivity index (χ4v) is 3.17. The molecule has 6 nitrogen and oxygen atoms in total. The molecule has 23 heavy (non-hydrogen) atoms. The van der Waals surface area contributed by atoms with Crippen LogP contribution >= 0.6 is 11.3 Å². The lowest BCUT2D eigenvalue weighted by molar-refractivity contribution is -0.120. The van der Waals surface area contributed by atoms with Crippen LogP contribution in [0.25, 0.3) is 0 Å². The molecule has 7 heteroatoms. The summed E-state index contributed by atoms with van der Waals surface area (Å²) in [6.45, 7) is 3.84. The first-order valence-electron chi connectivity index (χ1n) is 7.78. The molecule has 1 amide bonds. The minimum atomic E-state index is -0.0449. The highest BCUT2D eigenvalue weighted by Crippen LogP contribution is 2.22. The maximum atomic E-state index is 12.0. The van der Waals surface area contributed by atoms with E-state index in [1.165, 1.54) is 0 Å². The maximum absolute atomic E-state index is 12.0. The first-order chi connectivity index (χ1) is 11.2. The molecule has 1 aliphatic heterocycles. The van der Waals surface area contributed by atoms with Crippen molar-refractivity contribution in [2.75, 3.05) is 13.2 Å². The van der Waals surface area contributed by atoms with E-state index in [1.807, 2.05) is 18.4 Å². The Labute approximate surface area is 139 Å². The molecule has 0 aliphatic carbocycles. The van der Waals surface area contributed by atoms with Crippen LogP contribution in [-0.2, 0) is 22.5 Å². The van der Waals surface area contributed by atoms with Crippen LogP contribution in [-0.4, -0.2) is 34.1 Å². The highest BCUT2D eigenvalue weighted by molar-refractivity contribution is 7.09. The van der Waals surface area contributed by atoms with Gasteiger partial charge in [-0.15, -0.1) is 11.3 Å². The van der Waals surface area contributed by atoms with Crippen molar-refractivity contribution in [2.24, 2.45) is 0 Å². The Kier molecular flexibility index (Phi) is 5.30. The second-order valence-corrected chi connectivity index (χ2v) is 6.69. The van der Waals surface area contributed by atoms with E-state index in [0.29, 0.717) is 19.6 Å². The van der Waals surface area contributed by atoms with Crippen molar-refractivity contribution in [3.05, 3.63) is 39.9 Å². The molecule has 0 unspecified atom stereocenters. The Balaban J connectivity index is 1.54. The zero-order chi connectivity index (χ0) is 16.1. The molecule has 3 heterocycles. The first-order valence-corrected chi connectivity index (χ1v) is 8.66. The van der Waals surface area contributed by atoms with Crippen molar-refractivity contribution in [1.82, 2.24) is 20.3 Å². The number of thiazole rings is 1. The lowest BCUT2D eigenvalue weighted by Gasteiger charge is -2.20. The summed E-state index contributed by atoms with van der Waals surface area (Å²) in [6.07, 6.45) is 4.15. The summed E-state index contributed by atoms with van der Waals surface area (Å²) >= 11 is 1.56. The Morgan fingerprint density at radius 3 is 3.09 bits per heavy atom. The van der Waals surface area contributed by atoms with Crippen molar-refractivity contribution in [3.8, 4) is 0 Å². The molecule has 2 aromatic heterocycles. The minimum Gasteiger partial charge on any atom is -0.381 e. The molecule has 0 radical (unpaired) electrons. The number of aromatic nitrogens is 3. The van der Waals surface area contributed by atoms with Crippen LogP contribution in [0, 0.1) is 6.92 Å². The van der Waals surface area contributed by atoms with Crippen molar-refractivity contribution >= 4 is 17.2 Å².